The van der Waals surface area contributed by atoms with E-state index >= 15 is 0 Å². The molecule has 0 saturated heterocycles. The first-order valence-corrected chi connectivity index (χ1v) is 6.67. The van der Waals surface area contributed by atoms with Crippen molar-refractivity contribution in [3.8, 4) is 0 Å². The Kier molecular flexibility index (Phi) is 6.74. The Morgan fingerprint density at radius 2 is 2.00 bits per heavy atom. The number of carbonyl (C=O) groups excluding carboxylic acids is 1. The van der Waals surface area contributed by atoms with Crippen molar-refractivity contribution in [2.45, 2.75) is 19.3 Å². The van der Waals surface area contributed by atoms with Gasteiger partial charge >= 0.3 is 5.97 Å². The van der Waals surface area contributed by atoms with Crippen molar-refractivity contribution >= 4 is 17.7 Å². The molecule has 1 aromatic rings. The second-order valence-electron chi connectivity index (χ2n) is 3.53. The van der Waals surface area contributed by atoms with Gasteiger partial charge in [0.1, 0.15) is 0 Å². The van der Waals surface area contributed by atoms with Crippen LogP contribution in [-0.4, -0.2) is 24.6 Å². The SMILES string of the molecule is COC(=O)CCCSCCc1ccccc1. The molecule has 1 aromatic carbocycles. The first-order chi connectivity index (χ1) is 7.83. The zero-order valence-corrected chi connectivity index (χ0v) is 10.5. The van der Waals surface area contributed by atoms with Crippen molar-refractivity contribution in [3.63, 3.8) is 0 Å². The van der Waals surface area contributed by atoms with Crippen molar-refractivity contribution in [2.75, 3.05) is 18.6 Å². The summed E-state index contributed by atoms with van der Waals surface area (Å²) < 4.78 is 4.58. The molecule has 0 bridgehead atoms. The van der Waals surface area contributed by atoms with E-state index in [4.69, 9.17) is 0 Å². The molecule has 0 amide bonds. The summed E-state index contributed by atoms with van der Waals surface area (Å²) >= 11 is 1.89. The molecule has 3 heteroatoms. The first kappa shape index (κ1) is 13.1. The first-order valence-electron chi connectivity index (χ1n) is 5.51. The maximum atomic E-state index is 10.8. The average Bonchev–Trinajstić information content (AvgIpc) is 2.34. The number of carbonyl (C=O) groups is 1. The van der Waals surface area contributed by atoms with Gasteiger partial charge in [-0.2, -0.15) is 11.8 Å². The minimum Gasteiger partial charge on any atom is -0.469 e. The Morgan fingerprint density at radius 1 is 1.25 bits per heavy atom. The maximum Gasteiger partial charge on any atom is 0.305 e. The third kappa shape index (κ3) is 5.81. The summed E-state index contributed by atoms with van der Waals surface area (Å²) in [5.41, 5.74) is 1.38. The molecule has 0 N–H and O–H groups in total. The van der Waals surface area contributed by atoms with E-state index in [1.54, 1.807) is 0 Å². The molecule has 1 rings (SSSR count). The molecule has 0 heterocycles. The van der Waals surface area contributed by atoms with Gasteiger partial charge in [-0.15, -0.1) is 0 Å². The van der Waals surface area contributed by atoms with Crippen LogP contribution >= 0.6 is 11.8 Å². The largest absolute Gasteiger partial charge is 0.469 e. The van der Waals surface area contributed by atoms with Crippen LogP contribution in [0.25, 0.3) is 0 Å². The van der Waals surface area contributed by atoms with Gasteiger partial charge in [-0.25, -0.2) is 0 Å². The minimum absolute atomic E-state index is 0.108. The van der Waals surface area contributed by atoms with Crippen LogP contribution in [0.1, 0.15) is 18.4 Å². The molecule has 88 valence electrons. The zero-order valence-electron chi connectivity index (χ0n) is 9.65. The van der Waals surface area contributed by atoms with E-state index in [1.165, 1.54) is 12.7 Å². The third-order valence-corrected chi connectivity index (χ3v) is 3.35. The molecule has 0 saturated carbocycles. The van der Waals surface area contributed by atoms with E-state index in [1.807, 2.05) is 17.8 Å². The van der Waals surface area contributed by atoms with Gasteiger partial charge in [-0.1, -0.05) is 30.3 Å². The Balaban J connectivity index is 1.98. The van der Waals surface area contributed by atoms with Crippen LogP contribution in [0, 0.1) is 0 Å². The van der Waals surface area contributed by atoms with Gasteiger partial charge in [0.25, 0.3) is 0 Å². The fourth-order valence-electron chi connectivity index (χ4n) is 1.36. The molecule has 16 heavy (non-hydrogen) atoms. The number of hydrogen-bond donors (Lipinski definition) is 0. The molecule has 0 aliphatic carbocycles. The van der Waals surface area contributed by atoms with Crippen LogP contribution in [0.5, 0.6) is 0 Å². The number of ether oxygens (including phenoxy) is 1. The Bertz CT molecular complexity index is 298. The number of rotatable bonds is 7. The van der Waals surface area contributed by atoms with Crippen molar-refractivity contribution < 1.29 is 9.53 Å². The topological polar surface area (TPSA) is 26.3 Å². The van der Waals surface area contributed by atoms with E-state index in [-0.39, 0.29) is 5.97 Å². The Morgan fingerprint density at radius 3 is 2.69 bits per heavy atom. The highest BCUT2D eigenvalue weighted by atomic mass is 32.2. The van der Waals surface area contributed by atoms with E-state index in [9.17, 15) is 4.79 Å². The smallest absolute Gasteiger partial charge is 0.305 e. The highest BCUT2D eigenvalue weighted by Crippen LogP contribution is 2.09. The lowest BCUT2D eigenvalue weighted by atomic mass is 10.2. The van der Waals surface area contributed by atoms with Gasteiger partial charge < -0.3 is 4.74 Å². The van der Waals surface area contributed by atoms with Crippen LogP contribution < -0.4 is 0 Å². The minimum atomic E-state index is -0.108. The summed E-state index contributed by atoms with van der Waals surface area (Å²) in [6, 6.07) is 10.5. The number of benzene rings is 1. The fraction of sp³-hybridized carbons (Fsp3) is 0.462. The molecule has 2 nitrogen and oxygen atoms in total. The van der Waals surface area contributed by atoms with Crippen LogP contribution in [0.2, 0.25) is 0 Å². The van der Waals surface area contributed by atoms with Gasteiger partial charge in [0.15, 0.2) is 0 Å². The zero-order chi connectivity index (χ0) is 11.6. The van der Waals surface area contributed by atoms with E-state index in [0.29, 0.717) is 6.42 Å². The summed E-state index contributed by atoms with van der Waals surface area (Å²) in [5.74, 6) is 2.04. The second-order valence-corrected chi connectivity index (χ2v) is 4.75. The molecule has 0 radical (unpaired) electrons. The third-order valence-electron chi connectivity index (χ3n) is 2.28. The Labute approximate surface area is 101 Å². The second kappa shape index (κ2) is 8.22. The van der Waals surface area contributed by atoms with Crippen LogP contribution in [0.4, 0.5) is 0 Å². The molecule has 0 spiro atoms. The molecular formula is C13H18O2S. The van der Waals surface area contributed by atoms with E-state index in [2.05, 4.69) is 29.0 Å². The van der Waals surface area contributed by atoms with E-state index in [0.717, 1.165) is 24.3 Å². The normalized spacial score (nSPS) is 10.1. The molecule has 0 unspecified atom stereocenters. The quantitative estimate of drug-likeness (QED) is 0.539. The number of methoxy groups -OCH3 is 1. The number of esters is 1. The molecular weight excluding hydrogens is 220 g/mol. The standard InChI is InChI=1S/C13H18O2S/c1-15-13(14)8-5-10-16-11-9-12-6-3-2-4-7-12/h2-4,6-7H,5,8-11H2,1H3. The van der Waals surface area contributed by atoms with Crippen molar-refractivity contribution in [3.05, 3.63) is 35.9 Å². The summed E-state index contributed by atoms with van der Waals surface area (Å²) in [5, 5.41) is 0. The molecule has 0 aromatic heterocycles. The van der Waals surface area contributed by atoms with Crippen LogP contribution in [0.3, 0.4) is 0 Å². The summed E-state index contributed by atoms with van der Waals surface area (Å²) in [6.45, 7) is 0. The number of thioether (sulfide) groups is 1. The molecule has 0 atom stereocenters. The summed E-state index contributed by atoms with van der Waals surface area (Å²) in [7, 11) is 1.44. The fourth-order valence-corrected chi connectivity index (χ4v) is 2.29. The van der Waals surface area contributed by atoms with Crippen molar-refractivity contribution in [2.24, 2.45) is 0 Å². The molecule has 0 aliphatic heterocycles. The molecule has 0 fully saturated rings. The van der Waals surface area contributed by atoms with Gasteiger partial charge in [-0.3, -0.25) is 4.79 Å². The molecule has 0 aliphatic rings. The highest BCUT2D eigenvalue weighted by Gasteiger charge is 1.99. The van der Waals surface area contributed by atoms with Crippen molar-refractivity contribution in [1.29, 1.82) is 0 Å². The summed E-state index contributed by atoms with van der Waals surface area (Å²) in [4.78, 5) is 10.8. The summed E-state index contributed by atoms with van der Waals surface area (Å²) in [6.07, 6.45) is 2.55. The lowest BCUT2D eigenvalue weighted by molar-refractivity contribution is -0.140. The van der Waals surface area contributed by atoms with E-state index < -0.39 is 0 Å². The van der Waals surface area contributed by atoms with Crippen LogP contribution in [-0.2, 0) is 16.0 Å². The highest BCUT2D eigenvalue weighted by molar-refractivity contribution is 7.99. The Hall–Kier alpha value is -0.960. The lowest BCUT2D eigenvalue weighted by Crippen LogP contribution is -2.00. The van der Waals surface area contributed by atoms with Gasteiger partial charge in [0.05, 0.1) is 7.11 Å². The van der Waals surface area contributed by atoms with Crippen LogP contribution in [0.15, 0.2) is 30.3 Å². The predicted molar refractivity (Wildman–Crippen MR) is 68.7 cm³/mol. The maximum absolute atomic E-state index is 10.8. The monoisotopic (exact) mass is 238 g/mol. The average molecular weight is 238 g/mol. The van der Waals surface area contributed by atoms with Gasteiger partial charge in [0.2, 0.25) is 0 Å². The predicted octanol–water partition coefficient (Wildman–Crippen LogP) is 2.92. The van der Waals surface area contributed by atoms with Gasteiger partial charge in [0, 0.05) is 6.42 Å². The number of hydrogen-bond acceptors (Lipinski definition) is 3. The van der Waals surface area contributed by atoms with Gasteiger partial charge in [-0.05, 0) is 29.9 Å². The van der Waals surface area contributed by atoms with Crippen molar-refractivity contribution in [1.82, 2.24) is 0 Å². The lowest BCUT2D eigenvalue weighted by Gasteiger charge is -2.01. The number of aryl methyl sites for hydroxylation is 1.